The molecule has 0 aliphatic carbocycles. The number of hydrogen-bond acceptors (Lipinski definition) is 8. The van der Waals surface area contributed by atoms with Gasteiger partial charge in [-0.3, -0.25) is 0 Å². The van der Waals surface area contributed by atoms with E-state index in [1.165, 1.54) is 31.5 Å². The number of carbonyl (C=O) groups is 1. The van der Waals surface area contributed by atoms with E-state index in [0.29, 0.717) is 35.6 Å². The molecule has 0 spiro atoms. The van der Waals surface area contributed by atoms with Crippen LogP contribution in [-0.2, 0) is 29.0 Å². The first-order chi connectivity index (χ1) is 20.8. The zero-order valence-electron chi connectivity index (χ0n) is 23.1. The molecule has 0 radical (unpaired) electrons. The number of aromatic nitrogens is 4. The molecule has 3 aromatic carbocycles. The lowest BCUT2D eigenvalue weighted by atomic mass is 10.0. The summed E-state index contributed by atoms with van der Waals surface area (Å²) in [5.74, 6) is -2.10. The molecule has 0 aliphatic rings. The van der Waals surface area contributed by atoms with Gasteiger partial charge in [0.05, 0.1) is 47.6 Å². The van der Waals surface area contributed by atoms with Gasteiger partial charge in [-0.15, -0.1) is 0 Å². The standard InChI is InChI=1S/C31H24F3N5O4/c1-41-10-9-39-28-13-19(30(40)42-2)5-6-27(28)37-29(39)14-21-12-25(34)22(15-24(21)33)26-7-8-36-31(38-26)43-17-20-4-3-18(16-35)11-23(20)32/h3-8,11-13,15H,9-10,14,17H2,1-2H3. The smallest absolute Gasteiger partial charge is 0.337 e. The number of esters is 1. The maximum atomic E-state index is 15.4. The predicted molar refractivity (Wildman–Crippen MR) is 149 cm³/mol. The largest absolute Gasteiger partial charge is 0.465 e. The molecule has 0 fully saturated rings. The van der Waals surface area contributed by atoms with Gasteiger partial charge in [0, 0.05) is 37.4 Å². The summed E-state index contributed by atoms with van der Waals surface area (Å²) in [5, 5.41) is 8.89. The Kier molecular flexibility index (Phi) is 8.64. The minimum absolute atomic E-state index is 0.0384. The average Bonchev–Trinajstić information content (AvgIpc) is 3.36. The van der Waals surface area contributed by atoms with Crippen LogP contribution in [0.1, 0.15) is 32.9 Å². The van der Waals surface area contributed by atoms with Crippen molar-refractivity contribution in [1.82, 2.24) is 19.5 Å². The Morgan fingerprint density at radius 1 is 0.953 bits per heavy atom. The van der Waals surface area contributed by atoms with Gasteiger partial charge in [0.15, 0.2) is 0 Å². The molecule has 5 aromatic rings. The zero-order chi connectivity index (χ0) is 30.5. The number of rotatable bonds is 10. The summed E-state index contributed by atoms with van der Waals surface area (Å²) in [5.41, 5.74) is 1.88. The summed E-state index contributed by atoms with van der Waals surface area (Å²) >= 11 is 0. The number of fused-ring (bicyclic) bond motifs is 1. The Morgan fingerprint density at radius 2 is 1.77 bits per heavy atom. The molecular weight excluding hydrogens is 563 g/mol. The van der Waals surface area contributed by atoms with Gasteiger partial charge in [0.1, 0.15) is 29.9 Å². The second kappa shape index (κ2) is 12.7. The SMILES string of the molecule is COCCn1c(Cc2cc(F)c(-c3ccnc(OCc4ccc(C#N)cc4F)n3)cc2F)nc2ccc(C(=O)OC)cc21. The van der Waals surface area contributed by atoms with Gasteiger partial charge in [-0.1, -0.05) is 6.07 Å². The second-order valence-corrected chi connectivity index (χ2v) is 9.40. The lowest BCUT2D eigenvalue weighted by Crippen LogP contribution is -2.10. The molecule has 0 aliphatic heterocycles. The van der Waals surface area contributed by atoms with E-state index in [1.54, 1.807) is 29.9 Å². The van der Waals surface area contributed by atoms with Crippen LogP contribution < -0.4 is 4.74 Å². The first-order valence-corrected chi connectivity index (χ1v) is 13.0. The number of halogens is 3. The molecule has 0 bridgehead atoms. The van der Waals surface area contributed by atoms with E-state index >= 15 is 8.78 Å². The Bertz CT molecular complexity index is 1870. The summed E-state index contributed by atoms with van der Waals surface area (Å²) in [6.45, 7) is 0.458. The number of carbonyl (C=O) groups excluding carboxylic acids is 1. The van der Waals surface area contributed by atoms with E-state index in [4.69, 9.17) is 19.5 Å². The topological polar surface area (TPSA) is 112 Å². The zero-order valence-corrected chi connectivity index (χ0v) is 23.1. The van der Waals surface area contributed by atoms with Crippen molar-refractivity contribution >= 4 is 17.0 Å². The van der Waals surface area contributed by atoms with E-state index in [0.717, 1.165) is 18.2 Å². The van der Waals surface area contributed by atoms with Crippen molar-refractivity contribution < 1.29 is 32.2 Å². The fourth-order valence-corrected chi connectivity index (χ4v) is 4.51. The van der Waals surface area contributed by atoms with Crippen LogP contribution in [-0.4, -0.2) is 46.3 Å². The van der Waals surface area contributed by atoms with Crippen molar-refractivity contribution in [1.29, 1.82) is 5.26 Å². The maximum absolute atomic E-state index is 15.4. The van der Waals surface area contributed by atoms with Crippen molar-refractivity contribution in [2.75, 3.05) is 20.8 Å². The molecule has 218 valence electrons. The molecule has 0 amide bonds. The predicted octanol–water partition coefficient (Wildman–Crippen LogP) is 5.39. The van der Waals surface area contributed by atoms with E-state index in [2.05, 4.69) is 15.0 Å². The van der Waals surface area contributed by atoms with Crippen molar-refractivity contribution in [2.45, 2.75) is 19.6 Å². The van der Waals surface area contributed by atoms with Crippen LogP contribution in [0.15, 0.2) is 60.8 Å². The molecular formula is C31H24F3N5O4. The van der Waals surface area contributed by atoms with Crippen molar-refractivity contribution in [3.05, 3.63) is 106 Å². The minimum Gasteiger partial charge on any atom is -0.465 e. The Hall–Kier alpha value is -5.28. The van der Waals surface area contributed by atoms with Gasteiger partial charge < -0.3 is 18.8 Å². The molecule has 0 N–H and O–H groups in total. The number of nitrogens with zero attached hydrogens (tertiary/aromatic N) is 5. The monoisotopic (exact) mass is 587 g/mol. The highest BCUT2D eigenvalue weighted by Gasteiger charge is 2.19. The summed E-state index contributed by atoms with van der Waals surface area (Å²) in [4.78, 5) is 24.8. The molecule has 2 heterocycles. The molecule has 12 heteroatoms. The molecule has 9 nitrogen and oxygen atoms in total. The minimum atomic E-state index is -0.730. The number of imidazole rings is 1. The highest BCUT2D eigenvalue weighted by atomic mass is 19.1. The van der Waals surface area contributed by atoms with Crippen molar-refractivity contribution in [3.8, 4) is 23.3 Å². The Labute approximate surface area is 244 Å². The summed E-state index contributed by atoms with van der Waals surface area (Å²) in [7, 11) is 2.83. The van der Waals surface area contributed by atoms with Gasteiger partial charge in [-0.2, -0.15) is 10.2 Å². The van der Waals surface area contributed by atoms with Crippen molar-refractivity contribution in [3.63, 3.8) is 0 Å². The molecule has 5 rings (SSSR count). The fourth-order valence-electron chi connectivity index (χ4n) is 4.51. The average molecular weight is 588 g/mol. The lowest BCUT2D eigenvalue weighted by molar-refractivity contribution is 0.0601. The third-order valence-electron chi connectivity index (χ3n) is 6.70. The first kappa shape index (κ1) is 29.2. The molecule has 0 atom stereocenters. The second-order valence-electron chi connectivity index (χ2n) is 9.40. The normalized spacial score (nSPS) is 11.0. The highest BCUT2D eigenvalue weighted by molar-refractivity contribution is 5.93. The number of benzene rings is 3. The maximum Gasteiger partial charge on any atom is 0.337 e. The first-order valence-electron chi connectivity index (χ1n) is 13.0. The van der Waals surface area contributed by atoms with Crippen LogP contribution in [0, 0.1) is 28.8 Å². The highest BCUT2D eigenvalue weighted by Crippen LogP contribution is 2.28. The Balaban J connectivity index is 1.40. The molecule has 43 heavy (non-hydrogen) atoms. The number of hydrogen-bond donors (Lipinski definition) is 0. The van der Waals surface area contributed by atoms with Crippen LogP contribution in [0.4, 0.5) is 13.2 Å². The van der Waals surface area contributed by atoms with Crippen LogP contribution >= 0.6 is 0 Å². The molecule has 0 saturated heterocycles. The molecule has 0 saturated carbocycles. The quantitative estimate of drug-likeness (QED) is 0.200. The molecule has 2 aromatic heterocycles. The number of nitriles is 1. The van der Waals surface area contributed by atoms with Gasteiger partial charge in [0.25, 0.3) is 0 Å². The van der Waals surface area contributed by atoms with Crippen LogP contribution in [0.2, 0.25) is 0 Å². The van der Waals surface area contributed by atoms with E-state index < -0.39 is 23.4 Å². The summed E-state index contributed by atoms with van der Waals surface area (Å²) < 4.78 is 62.3. The van der Waals surface area contributed by atoms with Crippen LogP contribution in [0.5, 0.6) is 6.01 Å². The third kappa shape index (κ3) is 6.32. The van der Waals surface area contributed by atoms with Gasteiger partial charge in [0.2, 0.25) is 0 Å². The van der Waals surface area contributed by atoms with Crippen LogP contribution in [0.25, 0.3) is 22.3 Å². The fraction of sp³-hybridized carbons (Fsp3) is 0.194. The van der Waals surface area contributed by atoms with E-state index in [1.807, 2.05) is 6.07 Å². The van der Waals surface area contributed by atoms with Gasteiger partial charge in [-0.25, -0.2) is 27.9 Å². The third-order valence-corrected chi connectivity index (χ3v) is 6.70. The summed E-state index contributed by atoms with van der Waals surface area (Å²) in [6, 6.07) is 14.0. The number of ether oxygens (including phenoxy) is 3. The van der Waals surface area contributed by atoms with E-state index in [9.17, 15) is 9.18 Å². The number of methoxy groups -OCH3 is 2. The summed E-state index contributed by atoms with van der Waals surface area (Å²) in [6.07, 6.45) is 1.28. The lowest BCUT2D eigenvalue weighted by Gasteiger charge is -2.12. The van der Waals surface area contributed by atoms with Crippen molar-refractivity contribution in [2.24, 2.45) is 0 Å². The Morgan fingerprint density at radius 3 is 2.51 bits per heavy atom. The van der Waals surface area contributed by atoms with Crippen LogP contribution in [0.3, 0.4) is 0 Å². The van der Waals surface area contributed by atoms with E-state index in [-0.39, 0.29) is 47.0 Å². The van der Waals surface area contributed by atoms with Gasteiger partial charge in [-0.05, 0) is 54.1 Å². The molecule has 0 unspecified atom stereocenters. The van der Waals surface area contributed by atoms with Gasteiger partial charge >= 0.3 is 12.0 Å².